The molecule has 0 radical (unpaired) electrons. The molecule has 1 rings (SSSR count). The second kappa shape index (κ2) is 6.86. The van der Waals surface area contributed by atoms with Crippen molar-refractivity contribution in [3.8, 4) is 5.75 Å². The molecule has 0 spiro atoms. The molecule has 19 heavy (non-hydrogen) atoms. The van der Waals surface area contributed by atoms with Crippen LogP contribution in [0.4, 0.5) is 18.9 Å². The highest BCUT2D eigenvalue weighted by Gasteiger charge is 2.30. The maximum atomic E-state index is 11.9. The maximum Gasteiger partial charge on any atom is 0.573 e. The zero-order chi connectivity index (χ0) is 14.3. The average molecular weight is 276 g/mol. The average Bonchev–Trinajstić information content (AvgIpc) is 2.34. The van der Waals surface area contributed by atoms with Crippen LogP contribution >= 0.6 is 0 Å². The zero-order valence-corrected chi connectivity index (χ0v) is 10.4. The number of ether oxygens (including phenoxy) is 1. The van der Waals surface area contributed by atoms with E-state index in [9.17, 15) is 18.0 Å². The summed E-state index contributed by atoms with van der Waals surface area (Å²) in [5.74, 6) is -0.312. The number of anilines is 1. The van der Waals surface area contributed by atoms with Crippen LogP contribution in [0.15, 0.2) is 24.3 Å². The van der Waals surface area contributed by atoms with Crippen LogP contribution < -0.4 is 15.4 Å². The van der Waals surface area contributed by atoms with Gasteiger partial charge in [-0.1, -0.05) is 6.92 Å². The molecule has 0 bridgehead atoms. The third-order valence-electron chi connectivity index (χ3n) is 2.19. The van der Waals surface area contributed by atoms with Gasteiger partial charge < -0.3 is 15.4 Å². The van der Waals surface area contributed by atoms with E-state index in [4.69, 9.17) is 0 Å². The van der Waals surface area contributed by atoms with Crippen molar-refractivity contribution in [2.24, 2.45) is 0 Å². The Balaban J connectivity index is 2.34. The fraction of sp³-hybridized carbons (Fsp3) is 0.417. The molecule has 0 aliphatic carbocycles. The minimum absolute atomic E-state index is 0.0456. The Kier molecular flexibility index (Phi) is 5.47. The van der Waals surface area contributed by atoms with Gasteiger partial charge in [0.25, 0.3) is 0 Å². The standard InChI is InChI=1S/C12H15F3N2O2/c1-2-11(18)17-8-7-16-9-3-5-10(6-4-9)19-12(13,14)15/h3-6,16H,2,7-8H2,1H3,(H,17,18). The van der Waals surface area contributed by atoms with Gasteiger partial charge in [-0.05, 0) is 24.3 Å². The predicted octanol–water partition coefficient (Wildman–Crippen LogP) is 2.52. The van der Waals surface area contributed by atoms with Gasteiger partial charge in [0.05, 0.1) is 0 Å². The van der Waals surface area contributed by atoms with E-state index in [2.05, 4.69) is 15.4 Å². The Morgan fingerprint density at radius 1 is 1.21 bits per heavy atom. The smallest absolute Gasteiger partial charge is 0.406 e. The minimum Gasteiger partial charge on any atom is -0.406 e. The molecule has 0 saturated carbocycles. The molecular weight excluding hydrogens is 261 g/mol. The van der Waals surface area contributed by atoms with E-state index in [1.54, 1.807) is 6.92 Å². The van der Waals surface area contributed by atoms with Gasteiger partial charge in [-0.15, -0.1) is 13.2 Å². The third kappa shape index (κ3) is 6.54. The Labute approximate surface area is 108 Å². The SMILES string of the molecule is CCC(=O)NCCNc1ccc(OC(F)(F)F)cc1. The van der Waals surface area contributed by atoms with Crippen LogP contribution in [0.25, 0.3) is 0 Å². The lowest BCUT2D eigenvalue weighted by Gasteiger charge is -2.10. The van der Waals surface area contributed by atoms with Crippen LogP contribution in [-0.4, -0.2) is 25.4 Å². The molecule has 2 N–H and O–H groups in total. The van der Waals surface area contributed by atoms with E-state index in [0.717, 1.165) is 0 Å². The van der Waals surface area contributed by atoms with Gasteiger partial charge >= 0.3 is 6.36 Å². The van der Waals surface area contributed by atoms with Crippen molar-refractivity contribution in [3.05, 3.63) is 24.3 Å². The van der Waals surface area contributed by atoms with Gasteiger partial charge in [-0.3, -0.25) is 4.79 Å². The first-order valence-electron chi connectivity index (χ1n) is 5.77. The van der Waals surface area contributed by atoms with Crippen molar-refractivity contribution in [1.82, 2.24) is 5.32 Å². The summed E-state index contributed by atoms with van der Waals surface area (Å²) < 4.78 is 39.5. The summed E-state index contributed by atoms with van der Waals surface area (Å²) in [7, 11) is 0. The molecule has 0 atom stereocenters. The summed E-state index contributed by atoms with van der Waals surface area (Å²) in [6.07, 6.45) is -4.26. The topological polar surface area (TPSA) is 50.4 Å². The summed E-state index contributed by atoms with van der Waals surface area (Å²) in [5, 5.41) is 5.63. The molecule has 0 aliphatic rings. The van der Waals surface area contributed by atoms with Crippen LogP contribution in [0.3, 0.4) is 0 Å². The highest BCUT2D eigenvalue weighted by Crippen LogP contribution is 2.23. The van der Waals surface area contributed by atoms with Crippen molar-refractivity contribution in [2.45, 2.75) is 19.7 Å². The molecular formula is C12H15F3N2O2. The van der Waals surface area contributed by atoms with E-state index >= 15 is 0 Å². The first-order valence-corrected chi connectivity index (χ1v) is 5.77. The third-order valence-corrected chi connectivity index (χ3v) is 2.19. The number of hydrogen-bond donors (Lipinski definition) is 2. The van der Waals surface area contributed by atoms with Crippen molar-refractivity contribution in [3.63, 3.8) is 0 Å². The molecule has 1 aromatic carbocycles. The number of rotatable bonds is 6. The minimum atomic E-state index is -4.68. The van der Waals surface area contributed by atoms with Crippen LogP contribution in [0.5, 0.6) is 5.75 Å². The van der Waals surface area contributed by atoms with Gasteiger partial charge in [0.2, 0.25) is 5.91 Å². The predicted molar refractivity (Wildman–Crippen MR) is 64.9 cm³/mol. The summed E-state index contributed by atoms with van der Waals surface area (Å²) in [6.45, 7) is 2.70. The normalized spacial score (nSPS) is 10.9. The Bertz CT molecular complexity index is 404. The summed E-state index contributed by atoms with van der Waals surface area (Å²) in [4.78, 5) is 10.9. The zero-order valence-electron chi connectivity index (χ0n) is 10.4. The van der Waals surface area contributed by atoms with E-state index in [1.165, 1.54) is 24.3 Å². The van der Waals surface area contributed by atoms with Crippen LogP contribution in [-0.2, 0) is 4.79 Å². The van der Waals surface area contributed by atoms with E-state index in [1.807, 2.05) is 0 Å². The number of hydrogen-bond acceptors (Lipinski definition) is 3. The number of carbonyl (C=O) groups is 1. The second-order valence-corrected chi connectivity index (χ2v) is 3.70. The molecule has 0 heterocycles. The van der Waals surface area contributed by atoms with Crippen molar-refractivity contribution >= 4 is 11.6 Å². The highest BCUT2D eigenvalue weighted by molar-refractivity contribution is 5.75. The molecule has 0 saturated heterocycles. The van der Waals surface area contributed by atoms with Crippen molar-refractivity contribution in [2.75, 3.05) is 18.4 Å². The highest BCUT2D eigenvalue weighted by atomic mass is 19.4. The number of halogens is 3. The first kappa shape index (κ1) is 15.1. The van der Waals surface area contributed by atoms with Crippen LogP contribution in [0, 0.1) is 0 Å². The van der Waals surface area contributed by atoms with Gasteiger partial charge in [-0.2, -0.15) is 0 Å². The number of carbonyl (C=O) groups excluding carboxylic acids is 1. The van der Waals surface area contributed by atoms with Crippen LogP contribution in [0.2, 0.25) is 0 Å². The Morgan fingerprint density at radius 2 is 1.84 bits per heavy atom. The number of benzene rings is 1. The van der Waals surface area contributed by atoms with Gasteiger partial charge in [0, 0.05) is 25.2 Å². The van der Waals surface area contributed by atoms with Gasteiger partial charge in [-0.25, -0.2) is 0 Å². The van der Waals surface area contributed by atoms with Crippen molar-refractivity contribution in [1.29, 1.82) is 0 Å². The maximum absolute atomic E-state index is 11.9. The largest absolute Gasteiger partial charge is 0.573 e. The van der Waals surface area contributed by atoms with Gasteiger partial charge in [0.15, 0.2) is 0 Å². The summed E-state index contributed by atoms with van der Waals surface area (Å²) in [6, 6.07) is 5.40. The molecule has 1 amide bonds. The van der Waals surface area contributed by atoms with Gasteiger partial charge in [0.1, 0.15) is 5.75 Å². The fourth-order valence-corrected chi connectivity index (χ4v) is 1.31. The molecule has 0 fully saturated rings. The molecule has 4 nitrogen and oxygen atoms in total. The van der Waals surface area contributed by atoms with E-state index in [0.29, 0.717) is 25.2 Å². The summed E-state index contributed by atoms with van der Waals surface area (Å²) >= 11 is 0. The fourth-order valence-electron chi connectivity index (χ4n) is 1.31. The lowest BCUT2D eigenvalue weighted by Crippen LogP contribution is -2.27. The Hall–Kier alpha value is -1.92. The molecule has 7 heteroatoms. The molecule has 1 aromatic rings. The number of alkyl halides is 3. The molecule has 0 aliphatic heterocycles. The molecule has 0 unspecified atom stereocenters. The lowest BCUT2D eigenvalue weighted by atomic mass is 10.3. The molecule has 106 valence electrons. The monoisotopic (exact) mass is 276 g/mol. The Morgan fingerprint density at radius 3 is 2.37 bits per heavy atom. The quantitative estimate of drug-likeness (QED) is 0.785. The number of amides is 1. The summed E-state index contributed by atoms with van der Waals surface area (Å²) in [5.41, 5.74) is 0.653. The van der Waals surface area contributed by atoms with E-state index in [-0.39, 0.29) is 11.7 Å². The lowest BCUT2D eigenvalue weighted by molar-refractivity contribution is -0.274. The van der Waals surface area contributed by atoms with Crippen LogP contribution in [0.1, 0.15) is 13.3 Å². The van der Waals surface area contributed by atoms with Crippen molar-refractivity contribution < 1.29 is 22.7 Å². The van der Waals surface area contributed by atoms with E-state index < -0.39 is 6.36 Å². The second-order valence-electron chi connectivity index (χ2n) is 3.70. The molecule has 0 aromatic heterocycles. The number of nitrogens with one attached hydrogen (secondary N) is 2. The first-order chi connectivity index (χ1) is 8.90.